The Labute approximate surface area is 152 Å². The van der Waals surface area contributed by atoms with E-state index in [0.717, 1.165) is 11.3 Å². The van der Waals surface area contributed by atoms with Crippen LogP contribution in [0, 0.1) is 6.92 Å². The molecule has 4 aromatic rings. The zero-order valence-electron chi connectivity index (χ0n) is 13.1. The number of thiazole rings is 1. The van der Waals surface area contributed by atoms with Crippen molar-refractivity contribution in [3.8, 4) is 11.3 Å². The minimum Gasteiger partial charge on any atom is -0.298 e. The minimum absolute atomic E-state index is 0.286. The molecule has 1 N–H and O–H groups in total. The number of carbonyl (C=O) groups excluding carboxylic acids is 1. The molecule has 25 heavy (non-hydrogen) atoms. The summed E-state index contributed by atoms with van der Waals surface area (Å²) in [4.78, 5) is 21.3. The van der Waals surface area contributed by atoms with E-state index in [1.54, 1.807) is 29.9 Å². The number of benzene rings is 1. The normalized spacial score (nSPS) is 11.0. The van der Waals surface area contributed by atoms with E-state index in [-0.39, 0.29) is 5.91 Å². The van der Waals surface area contributed by atoms with Crippen LogP contribution in [0.25, 0.3) is 16.9 Å². The van der Waals surface area contributed by atoms with Crippen molar-refractivity contribution in [2.24, 2.45) is 0 Å². The number of hydrogen-bond acceptors (Lipinski definition) is 5. The van der Waals surface area contributed by atoms with Crippen molar-refractivity contribution < 1.29 is 4.79 Å². The predicted octanol–water partition coefficient (Wildman–Crippen LogP) is 4.07. The second-order valence-electron chi connectivity index (χ2n) is 5.32. The number of aryl methyl sites for hydroxylation is 1. The Morgan fingerprint density at radius 3 is 2.96 bits per heavy atom. The number of nitrogens with zero attached hydrogens (tertiary/aromatic N) is 4. The molecule has 1 aromatic carbocycles. The van der Waals surface area contributed by atoms with Crippen molar-refractivity contribution >= 4 is 39.6 Å². The highest BCUT2D eigenvalue weighted by Gasteiger charge is 2.19. The molecule has 0 radical (unpaired) electrons. The summed E-state index contributed by atoms with van der Waals surface area (Å²) >= 11 is 7.54. The lowest BCUT2D eigenvalue weighted by Crippen LogP contribution is -2.13. The Morgan fingerprint density at radius 2 is 2.12 bits per heavy atom. The number of nitrogens with one attached hydrogen (secondary N) is 1. The fraction of sp³-hybridized carbons (Fsp3) is 0.0588. The first kappa shape index (κ1) is 15.7. The summed E-state index contributed by atoms with van der Waals surface area (Å²) in [6, 6.07) is 9.22. The Hall–Kier alpha value is -2.77. The molecule has 0 aliphatic rings. The molecule has 3 heterocycles. The van der Waals surface area contributed by atoms with E-state index in [1.165, 1.54) is 11.3 Å². The van der Waals surface area contributed by atoms with Crippen LogP contribution in [0.3, 0.4) is 0 Å². The van der Waals surface area contributed by atoms with Gasteiger partial charge in [0.1, 0.15) is 5.56 Å². The molecule has 0 fully saturated rings. The van der Waals surface area contributed by atoms with E-state index < -0.39 is 0 Å². The second-order valence-corrected chi connectivity index (χ2v) is 6.59. The summed E-state index contributed by atoms with van der Waals surface area (Å²) in [5, 5.41) is 10.1. The number of hydrogen-bond donors (Lipinski definition) is 1. The number of carbonyl (C=O) groups is 1. The predicted molar refractivity (Wildman–Crippen MR) is 98.2 cm³/mol. The molecule has 0 atom stereocenters. The van der Waals surface area contributed by atoms with Crippen molar-refractivity contribution in [3.05, 3.63) is 64.4 Å². The van der Waals surface area contributed by atoms with E-state index in [4.69, 9.17) is 11.6 Å². The minimum atomic E-state index is -0.286. The SMILES string of the molecule is Cc1nn2cccnc2c1C(=O)Nc1nc(-c2ccccc2Cl)cs1. The lowest BCUT2D eigenvalue weighted by molar-refractivity contribution is 0.102. The molecule has 0 saturated heterocycles. The maximum atomic E-state index is 12.7. The maximum Gasteiger partial charge on any atom is 0.263 e. The van der Waals surface area contributed by atoms with E-state index in [1.807, 2.05) is 29.6 Å². The highest BCUT2D eigenvalue weighted by molar-refractivity contribution is 7.14. The maximum absolute atomic E-state index is 12.7. The molecule has 0 aliphatic carbocycles. The number of fused-ring (bicyclic) bond motifs is 1. The fourth-order valence-electron chi connectivity index (χ4n) is 2.55. The molecule has 0 aliphatic heterocycles. The van der Waals surface area contributed by atoms with E-state index in [0.29, 0.717) is 27.1 Å². The average molecular weight is 370 g/mol. The number of halogens is 1. The number of anilines is 1. The molecule has 6 nitrogen and oxygen atoms in total. The summed E-state index contributed by atoms with van der Waals surface area (Å²) in [5.74, 6) is -0.286. The van der Waals surface area contributed by atoms with Gasteiger partial charge in [-0.3, -0.25) is 10.1 Å². The molecule has 4 rings (SSSR count). The van der Waals surface area contributed by atoms with Gasteiger partial charge in [0.15, 0.2) is 10.8 Å². The van der Waals surface area contributed by atoms with Crippen LogP contribution in [-0.4, -0.2) is 25.5 Å². The van der Waals surface area contributed by atoms with Gasteiger partial charge >= 0.3 is 0 Å². The molecule has 8 heteroatoms. The van der Waals surface area contributed by atoms with E-state index in [9.17, 15) is 4.79 Å². The molecule has 0 saturated carbocycles. The first-order valence-corrected chi connectivity index (χ1v) is 8.71. The summed E-state index contributed by atoms with van der Waals surface area (Å²) in [5.41, 5.74) is 3.12. The lowest BCUT2D eigenvalue weighted by atomic mass is 10.2. The number of rotatable bonds is 3. The van der Waals surface area contributed by atoms with Crippen LogP contribution in [-0.2, 0) is 0 Å². The quantitative estimate of drug-likeness (QED) is 0.591. The van der Waals surface area contributed by atoms with Gasteiger partial charge in [0, 0.05) is 28.4 Å². The smallest absolute Gasteiger partial charge is 0.263 e. The van der Waals surface area contributed by atoms with Gasteiger partial charge in [-0.15, -0.1) is 11.3 Å². The van der Waals surface area contributed by atoms with E-state index >= 15 is 0 Å². The van der Waals surface area contributed by atoms with Crippen molar-refractivity contribution in [1.82, 2.24) is 19.6 Å². The molecule has 124 valence electrons. The van der Waals surface area contributed by atoms with Crippen molar-refractivity contribution in [2.45, 2.75) is 6.92 Å². The number of aromatic nitrogens is 4. The van der Waals surface area contributed by atoms with Crippen LogP contribution in [0.5, 0.6) is 0 Å². The molecule has 1 amide bonds. The third-order valence-corrected chi connectivity index (χ3v) is 4.76. The second kappa shape index (κ2) is 6.27. The van der Waals surface area contributed by atoms with Gasteiger partial charge in [0.25, 0.3) is 5.91 Å². The standard InChI is InChI=1S/C17H12ClN5OS/c1-10-14(15-19-7-4-8-23(15)22-10)16(24)21-17-20-13(9-25-17)11-5-2-3-6-12(11)18/h2-9H,1H3,(H,20,21,24). The van der Waals surface area contributed by atoms with Crippen LogP contribution < -0.4 is 5.32 Å². The van der Waals surface area contributed by atoms with Gasteiger partial charge in [0.2, 0.25) is 0 Å². The molecule has 0 unspecified atom stereocenters. The van der Waals surface area contributed by atoms with Gasteiger partial charge in [-0.2, -0.15) is 5.10 Å². The highest BCUT2D eigenvalue weighted by Crippen LogP contribution is 2.30. The number of amides is 1. The van der Waals surface area contributed by atoms with Crippen LogP contribution in [0.15, 0.2) is 48.1 Å². The summed E-state index contributed by atoms with van der Waals surface area (Å²) in [6.07, 6.45) is 3.39. The van der Waals surface area contributed by atoms with Gasteiger partial charge in [-0.25, -0.2) is 14.5 Å². The summed E-state index contributed by atoms with van der Waals surface area (Å²) < 4.78 is 1.58. The van der Waals surface area contributed by atoms with Gasteiger partial charge in [-0.1, -0.05) is 29.8 Å². The first-order chi connectivity index (χ1) is 12.1. The van der Waals surface area contributed by atoms with Gasteiger partial charge in [-0.05, 0) is 19.1 Å². The summed E-state index contributed by atoms with van der Waals surface area (Å²) in [7, 11) is 0. The Kier molecular flexibility index (Phi) is 3.95. The Morgan fingerprint density at radius 1 is 1.28 bits per heavy atom. The third kappa shape index (κ3) is 2.88. The molecular weight excluding hydrogens is 358 g/mol. The monoisotopic (exact) mass is 369 g/mol. The van der Waals surface area contributed by atoms with Crippen molar-refractivity contribution in [2.75, 3.05) is 5.32 Å². The van der Waals surface area contributed by atoms with Crippen LogP contribution in [0.1, 0.15) is 16.1 Å². The van der Waals surface area contributed by atoms with E-state index in [2.05, 4.69) is 20.4 Å². The fourth-order valence-corrected chi connectivity index (χ4v) is 3.48. The molecular formula is C17H12ClN5OS. The van der Waals surface area contributed by atoms with Crippen molar-refractivity contribution in [3.63, 3.8) is 0 Å². The largest absolute Gasteiger partial charge is 0.298 e. The van der Waals surface area contributed by atoms with Crippen LogP contribution in [0.2, 0.25) is 5.02 Å². The highest BCUT2D eigenvalue weighted by atomic mass is 35.5. The van der Waals surface area contributed by atoms with Crippen molar-refractivity contribution in [1.29, 1.82) is 0 Å². The molecule has 3 aromatic heterocycles. The van der Waals surface area contributed by atoms with Gasteiger partial charge in [0.05, 0.1) is 11.4 Å². The first-order valence-electron chi connectivity index (χ1n) is 7.45. The summed E-state index contributed by atoms with van der Waals surface area (Å²) in [6.45, 7) is 1.78. The van der Waals surface area contributed by atoms with Gasteiger partial charge < -0.3 is 0 Å². The molecule has 0 bridgehead atoms. The van der Waals surface area contributed by atoms with Crippen LogP contribution >= 0.6 is 22.9 Å². The Balaban J connectivity index is 1.63. The molecule has 0 spiro atoms. The Bertz CT molecular complexity index is 1090. The average Bonchev–Trinajstić information content (AvgIpc) is 3.18. The topological polar surface area (TPSA) is 72.2 Å². The van der Waals surface area contributed by atoms with Crippen LogP contribution in [0.4, 0.5) is 5.13 Å². The zero-order chi connectivity index (χ0) is 17.4. The third-order valence-electron chi connectivity index (χ3n) is 3.67. The zero-order valence-corrected chi connectivity index (χ0v) is 14.7. The lowest BCUT2D eigenvalue weighted by Gasteiger charge is -2.01.